The number of fused-ring (bicyclic) bond motifs is 2. The molecule has 158 valence electrons. The van der Waals surface area contributed by atoms with Gasteiger partial charge in [-0.1, -0.05) is 29.5 Å². The summed E-state index contributed by atoms with van der Waals surface area (Å²) in [6.45, 7) is 5.81. The molecule has 4 rings (SSSR count). The van der Waals surface area contributed by atoms with Gasteiger partial charge in [-0.25, -0.2) is 4.98 Å². The molecule has 0 fully saturated rings. The Hall–Kier alpha value is -2.64. The molecule has 0 spiro atoms. The molecule has 1 unspecified atom stereocenters. The van der Waals surface area contributed by atoms with E-state index in [9.17, 15) is 4.79 Å². The van der Waals surface area contributed by atoms with Gasteiger partial charge in [0.25, 0.3) is 5.91 Å². The fourth-order valence-electron chi connectivity index (χ4n) is 3.63. The van der Waals surface area contributed by atoms with Gasteiger partial charge in [0.2, 0.25) is 6.10 Å². The molecule has 30 heavy (non-hydrogen) atoms. The van der Waals surface area contributed by atoms with E-state index in [2.05, 4.69) is 30.9 Å². The zero-order valence-electron chi connectivity index (χ0n) is 17.8. The second kappa shape index (κ2) is 8.62. The smallest absolute Gasteiger partial charge is 0.273 e. The van der Waals surface area contributed by atoms with Crippen LogP contribution in [0.1, 0.15) is 17.5 Å². The van der Waals surface area contributed by atoms with Crippen LogP contribution in [0.3, 0.4) is 0 Å². The van der Waals surface area contributed by atoms with E-state index >= 15 is 0 Å². The van der Waals surface area contributed by atoms with Crippen molar-refractivity contribution in [2.75, 3.05) is 38.7 Å². The Morgan fingerprint density at radius 3 is 2.70 bits per heavy atom. The molecule has 1 aromatic heterocycles. The number of nitrogens with zero attached hydrogens (tertiary/aromatic N) is 3. The minimum absolute atomic E-state index is 0.114. The molecule has 0 bridgehead atoms. The quantitative estimate of drug-likeness (QED) is 0.597. The first-order valence-corrected chi connectivity index (χ1v) is 11.0. The van der Waals surface area contributed by atoms with Gasteiger partial charge in [-0.2, -0.15) is 0 Å². The minimum Gasteiger partial charge on any atom is -0.485 e. The number of hydrogen-bond acceptors (Lipinski definition) is 6. The third-order valence-corrected chi connectivity index (χ3v) is 6.11. The summed E-state index contributed by atoms with van der Waals surface area (Å²) >= 11 is 1.55. The second-order valence-corrected chi connectivity index (χ2v) is 8.95. The van der Waals surface area contributed by atoms with Crippen LogP contribution in [0.25, 0.3) is 10.2 Å². The number of benzene rings is 2. The molecule has 2 aromatic carbocycles. The van der Waals surface area contributed by atoms with Crippen LogP contribution in [0.15, 0.2) is 36.4 Å². The van der Waals surface area contributed by atoms with Crippen molar-refractivity contribution >= 4 is 32.6 Å². The molecular formula is C23H27N3O3S. The van der Waals surface area contributed by atoms with Gasteiger partial charge in [-0.05, 0) is 70.2 Å². The zero-order valence-corrected chi connectivity index (χ0v) is 18.7. The highest BCUT2D eigenvalue weighted by Gasteiger charge is 2.33. The van der Waals surface area contributed by atoms with Crippen LogP contribution in [0, 0.1) is 13.8 Å². The zero-order chi connectivity index (χ0) is 21.3. The van der Waals surface area contributed by atoms with Crippen LogP contribution in [0.2, 0.25) is 0 Å². The highest BCUT2D eigenvalue weighted by Crippen LogP contribution is 2.34. The van der Waals surface area contributed by atoms with Crippen LogP contribution in [-0.4, -0.2) is 55.7 Å². The lowest BCUT2D eigenvalue weighted by molar-refractivity contribution is -0.127. The average Bonchev–Trinajstić information content (AvgIpc) is 3.14. The Bertz CT molecular complexity index is 1060. The topological polar surface area (TPSA) is 54.9 Å². The fraction of sp³-hybridized carbons (Fsp3) is 0.391. The lowest BCUT2D eigenvalue weighted by atomic mass is 10.1. The maximum atomic E-state index is 13.5. The molecule has 1 atom stereocenters. The molecular weight excluding hydrogens is 398 g/mol. The van der Waals surface area contributed by atoms with E-state index in [1.165, 1.54) is 5.56 Å². The van der Waals surface area contributed by atoms with Crippen molar-refractivity contribution in [2.24, 2.45) is 0 Å². The fourth-order valence-corrected chi connectivity index (χ4v) is 4.81. The third kappa shape index (κ3) is 4.27. The van der Waals surface area contributed by atoms with Crippen molar-refractivity contribution in [2.45, 2.75) is 26.4 Å². The summed E-state index contributed by atoms with van der Waals surface area (Å²) in [6, 6.07) is 11.7. The van der Waals surface area contributed by atoms with Crippen LogP contribution >= 0.6 is 11.3 Å². The Morgan fingerprint density at radius 2 is 1.93 bits per heavy atom. The lowest BCUT2D eigenvalue weighted by Crippen LogP contribution is -2.47. The molecule has 0 aliphatic carbocycles. The Kier molecular flexibility index (Phi) is 5.92. The van der Waals surface area contributed by atoms with Gasteiger partial charge in [-0.3, -0.25) is 9.69 Å². The Morgan fingerprint density at radius 1 is 1.17 bits per heavy atom. The summed E-state index contributed by atoms with van der Waals surface area (Å²) in [5.41, 5.74) is 3.28. The number of carbonyl (C=O) groups is 1. The first kappa shape index (κ1) is 20.6. The molecule has 2 heterocycles. The molecule has 6 nitrogen and oxygen atoms in total. The molecule has 1 aliphatic rings. The maximum Gasteiger partial charge on any atom is 0.273 e. The number of anilines is 1. The van der Waals surface area contributed by atoms with Gasteiger partial charge in [0.05, 0.1) is 10.2 Å². The van der Waals surface area contributed by atoms with Gasteiger partial charge in [0.1, 0.15) is 6.61 Å². The van der Waals surface area contributed by atoms with E-state index in [1.54, 1.807) is 16.2 Å². The van der Waals surface area contributed by atoms with Crippen LogP contribution in [0.4, 0.5) is 5.13 Å². The molecule has 0 N–H and O–H groups in total. The number of para-hydroxylation sites is 2. The number of amides is 1. The lowest BCUT2D eigenvalue weighted by Gasteiger charge is -2.29. The van der Waals surface area contributed by atoms with Gasteiger partial charge in [0, 0.05) is 6.54 Å². The maximum absolute atomic E-state index is 13.5. The van der Waals surface area contributed by atoms with Gasteiger partial charge < -0.3 is 14.4 Å². The molecule has 3 aromatic rings. The first-order chi connectivity index (χ1) is 14.4. The monoisotopic (exact) mass is 425 g/mol. The van der Waals surface area contributed by atoms with Gasteiger partial charge in [-0.15, -0.1) is 0 Å². The summed E-state index contributed by atoms with van der Waals surface area (Å²) in [5.74, 6) is 1.16. The standard InChI is InChI=1S/C23H27N3O3S/c1-15-12-16(2)21-20(13-15)30-23(24-21)26(11-7-10-25(3)4)22(27)19-14-28-17-8-5-6-9-18(17)29-19/h5-6,8-9,12-13,19H,7,10-11,14H2,1-4H3. The Labute approximate surface area is 181 Å². The molecule has 1 aliphatic heterocycles. The number of ether oxygens (including phenoxy) is 2. The number of aromatic nitrogens is 1. The number of carbonyl (C=O) groups excluding carboxylic acids is 1. The second-order valence-electron chi connectivity index (χ2n) is 7.94. The summed E-state index contributed by atoms with van der Waals surface area (Å²) in [7, 11) is 4.07. The first-order valence-electron chi connectivity index (χ1n) is 10.1. The highest BCUT2D eigenvalue weighted by atomic mass is 32.1. The molecule has 1 amide bonds. The third-order valence-electron chi connectivity index (χ3n) is 5.09. The van der Waals surface area contributed by atoms with Gasteiger partial charge in [0.15, 0.2) is 16.6 Å². The van der Waals surface area contributed by atoms with Crippen molar-refractivity contribution in [3.63, 3.8) is 0 Å². The normalized spacial score (nSPS) is 15.6. The summed E-state index contributed by atoms with van der Waals surface area (Å²) in [5, 5.41) is 0.713. The average molecular weight is 426 g/mol. The van der Waals surface area contributed by atoms with E-state index in [0.29, 0.717) is 23.2 Å². The van der Waals surface area contributed by atoms with Crippen LogP contribution in [-0.2, 0) is 4.79 Å². The van der Waals surface area contributed by atoms with Crippen molar-refractivity contribution in [3.8, 4) is 11.5 Å². The minimum atomic E-state index is -0.686. The van der Waals surface area contributed by atoms with E-state index < -0.39 is 6.10 Å². The predicted molar refractivity (Wildman–Crippen MR) is 121 cm³/mol. The van der Waals surface area contributed by atoms with Crippen molar-refractivity contribution in [1.82, 2.24) is 9.88 Å². The number of thiazole rings is 1. The largest absolute Gasteiger partial charge is 0.485 e. The molecule has 0 saturated heterocycles. The van der Waals surface area contributed by atoms with Crippen molar-refractivity contribution < 1.29 is 14.3 Å². The summed E-state index contributed by atoms with van der Waals surface area (Å²) in [6.07, 6.45) is 0.158. The van der Waals surface area contributed by atoms with E-state index in [0.717, 1.165) is 28.7 Å². The molecule has 0 saturated carbocycles. The predicted octanol–water partition coefficient (Wildman–Crippen LogP) is 4.04. The summed E-state index contributed by atoms with van der Waals surface area (Å²) in [4.78, 5) is 22.2. The van der Waals surface area contributed by atoms with E-state index in [1.807, 2.05) is 38.4 Å². The molecule has 0 radical (unpaired) electrons. The SMILES string of the molecule is Cc1cc(C)c2nc(N(CCCN(C)C)C(=O)C3COc4ccccc4O3)sc2c1. The van der Waals surface area contributed by atoms with E-state index in [4.69, 9.17) is 14.5 Å². The number of aryl methyl sites for hydroxylation is 2. The summed E-state index contributed by atoms with van der Waals surface area (Å²) < 4.78 is 12.9. The Balaban J connectivity index is 1.63. The van der Waals surface area contributed by atoms with Gasteiger partial charge >= 0.3 is 0 Å². The van der Waals surface area contributed by atoms with Crippen LogP contribution in [0.5, 0.6) is 11.5 Å². The number of hydrogen-bond donors (Lipinski definition) is 0. The number of rotatable bonds is 6. The highest BCUT2D eigenvalue weighted by molar-refractivity contribution is 7.22. The van der Waals surface area contributed by atoms with Crippen molar-refractivity contribution in [1.29, 1.82) is 0 Å². The molecule has 7 heteroatoms. The van der Waals surface area contributed by atoms with Crippen LogP contribution < -0.4 is 14.4 Å². The van der Waals surface area contributed by atoms with E-state index in [-0.39, 0.29) is 12.5 Å². The van der Waals surface area contributed by atoms with Crippen molar-refractivity contribution in [3.05, 3.63) is 47.5 Å².